The third kappa shape index (κ3) is 3.70. The maximum Gasteiger partial charge on any atom is 0.123 e. The first-order chi connectivity index (χ1) is 11.1. The van der Waals surface area contributed by atoms with E-state index in [1.54, 1.807) is 24.7 Å². The molecule has 1 atom stereocenters. The molecule has 23 heavy (non-hydrogen) atoms. The van der Waals surface area contributed by atoms with Crippen LogP contribution in [-0.4, -0.2) is 20.5 Å². The second-order valence-electron chi connectivity index (χ2n) is 6.20. The van der Waals surface area contributed by atoms with Crippen LogP contribution in [0.25, 0.3) is 0 Å². The largest absolute Gasteiger partial charge is 0.549 e. The third-order valence-electron chi connectivity index (χ3n) is 4.55. The molecule has 0 aliphatic heterocycles. The predicted molar refractivity (Wildman–Crippen MR) is 84.5 cm³/mol. The molecule has 1 fully saturated rings. The molecule has 3 rings (SSSR count). The second-order valence-corrected chi connectivity index (χ2v) is 6.20. The molecule has 0 radical (unpaired) electrons. The molecule has 6 heteroatoms. The third-order valence-corrected chi connectivity index (χ3v) is 4.55. The highest BCUT2D eigenvalue weighted by atomic mass is 16.4. The van der Waals surface area contributed by atoms with E-state index in [1.807, 2.05) is 6.20 Å². The summed E-state index contributed by atoms with van der Waals surface area (Å²) in [6, 6.07) is 3.89. The molecule has 1 aliphatic carbocycles. The van der Waals surface area contributed by atoms with Crippen molar-refractivity contribution in [2.75, 3.05) is 5.73 Å². The number of carbonyl (C=O) groups excluding carboxylic acids is 1. The Morgan fingerprint density at radius 2 is 2.09 bits per heavy atom. The zero-order valence-corrected chi connectivity index (χ0v) is 13.0. The molecule has 0 amide bonds. The SMILES string of the molecule is Nc1ccc(C[C@@H](C(=O)[O-])c2cn(C3CCCCC3)cn2)cn1. The number of rotatable bonds is 5. The average Bonchev–Trinajstić information content (AvgIpc) is 3.04. The molecule has 1 aliphatic rings. The van der Waals surface area contributed by atoms with Gasteiger partial charge in [0.25, 0.3) is 0 Å². The molecular weight excluding hydrogens is 292 g/mol. The van der Waals surface area contributed by atoms with Crippen LogP contribution < -0.4 is 10.8 Å². The fraction of sp³-hybridized carbons (Fsp3) is 0.471. The number of carbonyl (C=O) groups is 1. The van der Waals surface area contributed by atoms with Crippen molar-refractivity contribution in [2.24, 2.45) is 0 Å². The van der Waals surface area contributed by atoms with Crippen LogP contribution in [0.5, 0.6) is 0 Å². The molecule has 0 aromatic carbocycles. The van der Waals surface area contributed by atoms with Crippen LogP contribution in [0, 0.1) is 0 Å². The number of aromatic nitrogens is 3. The van der Waals surface area contributed by atoms with Crippen LogP contribution in [0.2, 0.25) is 0 Å². The lowest BCUT2D eigenvalue weighted by Crippen LogP contribution is -2.31. The van der Waals surface area contributed by atoms with Gasteiger partial charge in [-0.25, -0.2) is 9.97 Å². The van der Waals surface area contributed by atoms with Crippen LogP contribution in [0.15, 0.2) is 30.9 Å². The minimum Gasteiger partial charge on any atom is -0.549 e. The topological polar surface area (TPSA) is 96.9 Å². The molecule has 2 aromatic heterocycles. The Labute approximate surface area is 135 Å². The normalized spacial score (nSPS) is 17.0. The van der Waals surface area contributed by atoms with Gasteiger partial charge in [0.15, 0.2) is 0 Å². The highest BCUT2D eigenvalue weighted by Crippen LogP contribution is 2.29. The number of nitrogens with zero attached hydrogens (tertiary/aromatic N) is 3. The van der Waals surface area contributed by atoms with E-state index in [0.29, 0.717) is 24.0 Å². The second kappa shape index (κ2) is 6.81. The van der Waals surface area contributed by atoms with E-state index in [9.17, 15) is 9.90 Å². The van der Waals surface area contributed by atoms with Gasteiger partial charge in [-0.05, 0) is 30.9 Å². The summed E-state index contributed by atoms with van der Waals surface area (Å²) in [6.45, 7) is 0. The van der Waals surface area contributed by atoms with E-state index in [2.05, 4.69) is 14.5 Å². The van der Waals surface area contributed by atoms with Crippen molar-refractivity contribution in [3.05, 3.63) is 42.1 Å². The van der Waals surface area contributed by atoms with Gasteiger partial charge < -0.3 is 20.2 Å². The van der Waals surface area contributed by atoms with Crippen LogP contribution in [0.1, 0.15) is 55.3 Å². The van der Waals surface area contributed by atoms with Gasteiger partial charge in [0.1, 0.15) is 5.82 Å². The van der Waals surface area contributed by atoms with Crippen molar-refractivity contribution < 1.29 is 9.90 Å². The lowest BCUT2D eigenvalue weighted by molar-refractivity contribution is -0.308. The Hall–Kier alpha value is -2.37. The van der Waals surface area contributed by atoms with Gasteiger partial charge in [0, 0.05) is 24.4 Å². The molecule has 6 nitrogen and oxygen atoms in total. The van der Waals surface area contributed by atoms with Crippen molar-refractivity contribution in [3.63, 3.8) is 0 Å². The summed E-state index contributed by atoms with van der Waals surface area (Å²) >= 11 is 0. The van der Waals surface area contributed by atoms with E-state index in [-0.39, 0.29) is 0 Å². The lowest BCUT2D eigenvalue weighted by atomic mass is 9.95. The Kier molecular flexibility index (Phi) is 4.60. The van der Waals surface area contributed by atoms with Gasteiger partial charge in [-0.15, -0.1) is 0 Å². The minimum atomic E-state index is -1.12. The first kappa shape index (κ1) is 15.5. The maximum atomic E-state index is 11.6. The van der Waals surface area contributed by atoms with Crippen molar-refractivity contribution >= 4 is 11.8 Å². The molecule has 122 valence electrons. The molecule has 2 heterocycles. The van der Waals surface area contributed by atoms with Gasteiger partial charge in [-0.1, -0.05) is 25.3 Å². The highest BCUT2D eigenvalue weighted by Gasteiger charge is 2.20. The fourth-order valence-electron chi connectivity index (χ4n) is 3.21. The lowest BCUT2D eigenvalue weighted by Gasteiger charge is -2.22. The Bertz CT molecular complexity index is 659. The summed E-state index contributed by atoms with van der Waals surface area (Å²) in [5.41, 5.74) is 6.91. The summed E-state index contributed by atoms with van der Waals surface area (Å²) in [4.78, 5) is 19.9. The summed E-state index contributed by atoms with van der Waals surface area (Å²) in [6.07, 6.45) is 11.5. The van der Waals surface area contributed by atoms with Crippen LogP contribution in [0.4, 0.5) is 5.82 Å². The number of anilines is 1. The number of aliphatic carboxylic acids is 1. The standard InChI is InChI=1S/C17H22N4O2/c18-16-7-6-12(9-19-16)8-14(17(22)23)15-10-21(11-20-15)13-4-2-1-3-5-13/h6-7,9-11,13-14H,1-5,8H2,(H2,18,19)(H,22,23)/p-1/t14-/m1/s1. The summed E-state index contributed by atoms with van der Waals surface area (Å²) in [5.74, 6) is -1.47. The van der Waals surface area contributed by atoms with E-state index in [4.69, 9.17) is 5.73 Å². The van der Waals surface area contributed by atoms with E-state index in [0.717, 1.165) is 18.4 Å². The average molecular weight is 313 g/mol. The number of imidazole rings is 1. The van der Waals surface area contributed by atoms with Crippen LogP contribution in [-0.2, 0) is 11.2 Å². The number of carboxylic acid groups (broad SMARTS) is 1. The molecule has 1 saturated carbocycles. The number of pyridine rings is 1. The summed E-state index contributed by atoms with van der Waals surface area (Å²) in [7, 11) is 0. The number of nitrogen functional groups attached to an aromatic ring is 1. The quantitative estimate of drug-likeness (QED) is 0.901. The Morgan fingerprint density at radius 3 is 2.74 bits per heavy atom. The smallest absolute Gasteiger partial charge is 0.123 e. The first-order valence-electron chi connectivity index (χ1n) is 8.08. The van der Waals surface area contributed by atoms with E-state index >= 15 is 0 Å². The van der Waals surface area contributed by atoms with E-state index < -0.39 is 11.9 Å². The molecule has 0 saturated heterocycles. The highest BCUT2D eigenvalue weighted by molar-refractivity contribution is 5.73. The minimum absolute atomic E-state index is 0.303. The maximum absolute atomic E-state index is 11.6. The zero-order chi connectivity index (χ0) is 16.2. The summed E-state index contributed by atoms with van der Waals surface area (Å²) < 4.78 is 2.06. The van der Waals surface area contributed by atoms with Crippen molar-refractivity contribution in [1.29, 1.82) is 0 Å². The summed E-state index contributed by atoms with van der Waals surface area (Å²) in [5, 5.41) is 11.6. The molecular formula is C17H21N4O2-. The van der Waals surface area contributed by atoms with Crippen LogP contribution >= 0.6 is 0 Å². The first-order valence-corrected chi connectivity index (χ1v) is 8.08. The van der Waals surface area contributed by atoms with Gasteiger partial charge in [0.2, 0.25) is 0 Å². The fourth-order valence-corrected chi connectivity index (χ4v) is 3.21. The molecule has 0 spiro atoms. The molecule has 2 aromatic rings. The van der Waals surface area contributed by atoms with Gasteiger partial charge >= 0.3 is 0 Å². The Balaban J connectivity index is 1.77. The number of hydrogen-bond donors (Lipinski definition) is 1. The van der Waals surface area contributed by atoms with Crippen molar-refractivity contribution in [1.82, 2.24) is 14.5 Å². The molecule has 0 unspecified atom stereocenters. The van der Waals surface area contributed by atoms with Crippen LogP contribution in [0.3, 0.4) is 0 Å². The Morgan fingerprint density at radius 1 is 1.30 bits per heavy atom. The molecule has 0 bridgehead atoms. The zero-order valence-electron chi connectivity index (χ0n) is 13.0. The van der Waals surface area contributed by atoms with Gasteiger partial charge in [-0.3, -0.25) is 0 Å². The van der Waals surface area contributed by atoms with E-state index in [1.165, 1.54) is 19.3 Å². The monoisotopic (exact) mass is 313 g/mol. The van der Waals surface area contributed by atoms with Gasteiger partial charge in [-0.2, -0.15) is 0 Å². The number of hydrogen-bond acceptors (Lipinski definition) is 5. The number of nitrogens with two attached hydrogens (primary N) is 1. The van der Waals surface area contributed by atoms with Gasteiger partial charge in [0.05, 0.1) is 18.0 Å². The predicted octanol–water partition coefficient (Wildman–Crippen LogP) is 1.44. The van der Waals surface area contributed by atoms with Crippen molar-refractivity contribution in [2.45, 2.75) is 50.5 Å². The number of carboxylic acids is 1. The molecule has 2 N–H and O–H groups in total. The van der Waals surface area contributed by atoms with Crippen molar-refractivity contribution in [3.8, 4) is 0 Å².